The molecule has 3 rings (SSSR count). The van der Waals surface area contributed by atoms with E-state index < -0.39 is 0 Å². The van der Waals surface area contributed by atoms with E-state index in [0.29, 0.717) is 34.5 Å². The van der Waals surface area contributed by atoms with E-state index in [1.54, 1.807) is 19.2 Å². The molecule has 1 aromatic heterocycles. The Labute approximate surface area is 189 Å². The van der Waals surface area contributed by atoms with E-state index >= 15 is 0 Å². The van der Waals surface area contributed by atoms with E-state index in [0.717, 1.165) is 31.2 Å². The van der Waals surface area contributed by atoms with Crippen molar-refractivity contribution in [2.45, 2.75) is 57.8 Å². The molecule has 0 fully saturated rings. The van der Waals surface area contributed by atoms with Crippen LogP contribution in [0.3, 0.4) is 0 Å². The first-order valence-electron chi connectivity index (χ1n) is 11.5. The standard InChI is InChI=1S/C27H33FO4/c1-30-24-16-15-22-25(29)23(19-32-26(22)27(24)31-2)21-14-11-13-20(18-21)12-9-7-5-3-4-6-8-10-17-28/h11,13-16,18-19H,3-10,12,17H2,1-2H3. The third-order valence-corrected chi connectivity index (χ3v) is 5.87. The highest BCUT2D eigenvalue weighted by Crippen LogP contribution is 2.35. The van der Waals surface area contributed by atoms with Crippen molar-refractivity contribution in [3.8, 4) is 22.6 Å². The minimum absolute atomic E-state index is 0.0860. The topological polar surface area (TPSA) is 48.7 Å². The van der Waals surface area contributed by atoms with Crippen molar-refractivity contribution in [2.24, 2.45) is 0 Å². The van der Waals surface area contributed by atoms with Gasteiger partial charge in [-0.3, -0.25) is 9.18 Å². The second-order valence-corrected chi connectivity index (χ2v) is 8.12. The molecule has 0 unspecified atom stereocenters. The van der Waals surface area contributed by atoms with Gasteiger partial charge in [0.1, 0.15) is 6.26 Å². The van der Waals surface area contributed by atoms with E-state index in [1.165, 1.54) is 44.6 Å². The van der Waals surface area contributed by atoms with Gasteiger partial charge in [0.25, 0.3) is 0 Å². The molecule has 32 heavy (non-hydrogen) atoms. The number of benzene rings is 2. The number of methoxy groups -OCH3 is 2. The summed E-state index contributed by atoms with van der Waals surface area (Å²) in [5.74, 6) is 0.947. The zero-order chi connectivity index (χ0) is 22.8. The first-order valence-corrected chi connectivity index (χ1v) is 11.5. The Morgan fingerprint density at radius 1 is 0.875 bits per heavy atom. The summed E-state index contributed by atoms with van der Waals surface area (Å²) in [5, 5.41) is 0.470. The summed E-state index contributed by atoms with van der Waals surface area (Å²) in [6, 6.07) is 11.6. The number of hydrogen-bond acceptors (Lipinski definition) is 4. The molecule has 0 amide bonds. The Balaban J connectivity index is 1.65. The zero-order valence-electron chi connectivity index (χ0n) is 19.1. The van der Waals surface area contributed by atoms with Gasteiger partial charge in [-0.25, -0.2) is 0 Å². The smallest absolute Gasteiger partial charge is 0.204 e. The molecule has 1 heterocycles. The van der Waals surface area contributed by atoms with Gasteiger partial charge in [-0.05, 0) is 42.5 Å². The van der Waals surface area contributed by atoms with Crippen molar-refractivity contribution in [1.29, 1.82) is 0 Å². The maximum absolute atomic E-state index is 13.2. The highest BCUT2D eigenvalue weighted by molar-refractivity contribution is 5.88. The van der Waals surface area contributed by atoms with E-state index in [2.05, 4.69) is 12.1 Å². The molecule has 0 aliphatic carbocycles. The normalized spacial score (nSPS) is 11.1. The predicted molar refractivity (Wildman–Crippen MR) is 128 cm³/mol. The van der Waals surface area contributed by atoms with E-state index in [-0.39, 0.29) is 12.1 Å². The van der Waals surface area contributed by atoms with E-state index in [4.69, 9.17) is 13.9 Å². The number of aryl methyl sites for hydroxylation is 1. The minimum atomic E-state index is -0.191. The van der Waals surface area contributed by atoms with E-state index in [1.807, 2.05) is 12.1 Å². The van der Waals surface area contributed by atoms with E-state index in [9.17, 15) is 9.18 Å². The summed E-state index contributed by atoms with van der Waals surface area (Å²) in [4.78, 5) is 13.2. The van der Waals surface area contributed by atoms with Crippen molar-refractivity contribution >= 4 is 11.0 Å². The number of unbranched alkanes of at least 4 members (excludes halogenated alkanes) is 7. The van der Waals surface area contributed by atoms with Crippen LogP contribution in [0.2, 0.25) is 0 Å². The quantitative estimate of drug-likeness (QED) is 0.266. The SMILES string of the molecule is COc1ccc2c(=O)c(-c3cccc(CCCCCCCCCCF)c3)coc2c1OC. The molecule has 172 valence electrons. The molecule has 0 atom stereocenters. The summed E-state index contributed by atoms with van der Waals surface area (Å²) < 4.78 is 28.6. The number of alkyl halides is 1. The molecule has 0 saturated heterocycles. The zero-order valence-corrected chi connectivity index (χ0v) is 19.1. The van der Waals surface area contributed by atoms with Crippen LogP contribution < -0.4 is 14.9 Å². The van der Waals surface area contributed by atoms with Gasteiger partial charge < -0.3 is 13.9 Å². The van der Waals surface area contributed by atoms with Crippen molar-refractivity contribution in [1.82, 2.24) is 0 Å². The second kappa shape index (κ2) is 12.3. The third-order valence-electron chi connectivity index (χ3n) is 5.87. The number of ether oxygens (including phenoxy) is 2. The van der Waals surface area contributed by atoms with Gasteiger partial charge in [-0.2, -0.15) is 0 Å². The molecule has 0 radical (unpaired) electrons. The molecule has 0 saturated carbocycles. The predicted octanol–water partition coefficient (Wildman–Crippen LogP) is 7.11. The maximum atomic E-state index is 13.2. The van der Waals surface area contributed by atoms with Crippen molar-refractivity contribution < 1.29 is 18.3 Å². The van der Waals surface area contributed by atoms with Crippen LogP contribution in [-0.4, -0.2) is 20.9 Å². The lowest BCUT2D eigenvalue weighted by molar-refractivity contribution is 0.353. The van der Waals surface area contributed by atoms with Gasteiger partial charge in [0.05, 0.1) is 31.8 Å². The molecule has 0 aliphatic rings. The summed E-state index contributed by atoms with van der Waals surface area (Å²) in [6.45, 7) is -0.191. The molecule has 0 bridgehead atoms. The fourth-order valence-corrected chi connectivity index (χ4v) is 4.09. The Hall–Kier alpha value is -2.82. The molecule has 0 spiro atoms. The second-order valence-electron chi connectivity index (χ2n) is 8.12. The average Bonchev–Trinajstić information content (AvgIpc) is 2.82. The van der Waals surface area contributed by atoms with Crippen LogP contribution in [0.25, 0.3) is 22.1 Å². The Bertz CT molecular complexity index is 1060. The summed E-state index contributed by atoms with van der Waals surface area (Å²) in [7, 11) is 3.08. The van der Waals surface area contributed by atoms with Crippen molar-refractivity contribution in [2.75, 3.05) is 20.9 Å². The van der Waals surface area contributed by atoms with Crippen LogP contribution in [0.4, 0.5) is 4.39 Å². The Morgan fingerprint density at radius 2 is 1.59 bits per heavy atom. The van der Waals surface area contributed by atoms with Crippen LogP contribution in [0.5, 0.6) is 11.5 Å². The maximum Gasteiger partial charge on any atom is 0.204 e. The summed E-state index contributed by atoms with van der Waals surface area (Å²) in [5.41, 5.74) is 2.93. The first kappa shape index (κ1) is 23.8. The van der Waals surface area contributed by atoms with Crippen LogP contribution in [0, 0.1) is 0 Å². The van der Waals surface area contributed by atoms with Crippen LogP contribution >= 0.6 is 0 Å². The van der Waals surface area contributed by atoms with Gasteiger partial charge in [0.2, 0.25) is 11.2 Å². The van der Waals surface area contributed by atoms with Crippen LogP contribution in [0.1, 0.15) is 56.9 Å². The molecule has 3 aromatic rings. The van der Waals surface area contributed by atoms with Crippen LogP contribution in [-0.2, 0) is 6.42 Å². The van der Waals surface area contributed by atoms with Gasteiger partial charge in [0.15, 0.2) is 11.3 Å². The number of rotatable bonds is 13. The number of hydrogen-bond donors (Lipinski definition) is 0. The summed E-state index contributed by atoms with van der Waals surface area (Å²) in [6.07, 6.45) is 11.3. The largest absolute Gasteiger partial charge is 0.493 e. The molecule has 5 heteroatoms. The minimum Gasteiger partial charge on any atom is -0.493 e. The average molecular weight is 441 g/mol. The lowest BCUT2D eigenvalue weighted by Crippen LogP contribution is -2.06. The monoisotopic (exact) mass is 440 g/mol. The molecule has 2 aromatic carbocycles. The molecule has 4 nitrogen and oxygen atoms in total. The fraction of sp³-hybridized carbons (Fsp3) is 0.444. The number of fused-ring (bicyclic) bond motifs is 1. The van der Waals surface area contributed by atoms with Gasteiger partial charge in [0, 0.05) is 0 Å². The van der Waals surface area contributed by atoms with Gasteiger partial charge >= 0.3 is 0 Å². The van der Waals surface area contributed by atoms with Crippen molar-refractivity contribution in [3.05, 3.63) is 58.4 Å². The lowest BCUT2D eigenvalue weighted by atomic mass is 9.99. The highest BCUT2D eigenvalue weighted by atomic mass is 19.1. The number of halogens is 1. The van der Waals surface area contributed by atoms with Gasteiger partial charge in [-0.15, -0.1) is 0 Å². The molecule has 0 N–H and O–H groups in total. The Morgan fingerprint density at radius 3 is 2.28 bits per heavy atom. The first-order chi connectivity index (χ1) is 15.7. The summed E-state index contributed by atoms with van der Waals surface area (Å²) >= 11 is 0. The molecule has 0 aliphatic heterocycles. The molecular formula is C27H33FO4. The highest BCUT2D eigenvalue weighted by Gasteiger charge is 2.16. The third kappa shape index (κ3) is 5.90. The van der Waals surface area contributed by atoms with Gasteiger partial charge in [-0.1, -0.05) is 62.8 Å². The fourth-order valence-electron chi connectivity index (χ4n) is 4.09. The van der Waals surface area contributed by atoms with Crippen LogP contribution in [0.15, 0.2) is 51.9 Å². The molecular weight excluding hydrogens is 407 g/mol. The Kier molecular flexibility index (Phi) is 9.14. The lowest BCUT2D eigenvalue weighted by Gasteiger charge is -2.10. The van der Waals surface area contributed by atoms with Crippen molar-refractivity contribution in [3.63, 3.8) is 0 Å².